The van der Waals surface area contributed by atoms with Crippen molar-refractivity contribution in [2.75, 3.05) is 5.32 Å². The molecule has 0 unspecified atom stereocenters. The normalized spacial score (nSPS) is 11.9. The fraction of sp³-hybridized carbons (Fsp3) is 0. The van der Waals surface area contributed by atoms with Gasteiger partial charge in [-0.3, -0.25) is 9.59 Å². The molecule has 0 saturated carbocycles. The van der Waals surface area contributed by atoms with Gasteiger partial charge in [-0.05, 0) is 6.07 Å². The number of aromatic amines is 1. The summed E-state index contributed by atoms with van der Waals surface area (Å²) >= 11 is 13.0. The third kappa shape index (κ3) is 2.51. The van der Waals surface area contributed by atoms with Crippen molar-refractivity contribution in [2.24, 2.45) is 8.73 Å². The number of nitrogens with zero attached hydrogens (tertiary/aromatic N) is 2. The molecule has 1 aromatic heterocycles. The van der Waals surface area contributed by atoms with Crippen LogP contribution in [0.15, 0.2) is 38.0 Å². The molecule has 9 heteroatoms. The molecule has 3 rings (SSSR count). The number of carbonyl (C=O) groups excluding carboxylic acids is 1. The maximum Gasteiger partial charge on any atom is 0.261 e. The van der Waals surface area contributed by atoms with E-state index in [0.717, 1.165) is 11.4 Å². The van der Waals surface area contributed by atoms with Crippen LogP contribution in [0.3, 0.4) is 0 Å². The van der Waals surface area contributed by atoms with Gasteiger partial charge in [0.1, 0.15) is 16.9 Å². The van der Waals surface area contributed by atoms with Gasteiger partial charge in [-0.15, -0.1) is 0 Å². The zero-order valence-electron chi connectivity index (χ0n) is 10.2. The Morgan fingerprint density at radius 1 is 1.24 bits per heavy atom. The molecule has 0 saturated heterocycles. The fourth-order valence-corrected chi connectivity index (χ4v) is 2.93. The number of hydrogen-bond acceptors (Lipinski definition) is 4. The molecule has 2 heterocycles. The first-order chi connectivity index (χ1) is 10.1. The van der Waals surface area contributed by atoms with Crippen molar-refractivity contribution in [2.45, 2.75) is 0 Å². The summed E-state index contributed by atoms with van der Waals surface area (Å²) in [5, 5.41) is 3.15. The molecule has 0 bridgehead atoms. The zero-order valence-corrected chi connectivity index (χ0v) is 12.5. The van der Waals surface area contributed by atoms with E-state index in [0.29, 0.717) is 16.4 Å². The zero-order chi connectivity index (χ0) is 15.0. The first-order valence-electron chi connectivity index (χ1n) is 5.66. The molecule has 1 aliphatic rings. The second-order valence-electron chi connectivity index (χ2n) is 4.05. The Hall–Kier alpha value is -1.96. The predicted octanol–water partition coefficient (Wildman–Crippen LogP) is 3.66. The van der Waals surface area contributed by atoms with Crippen LogP contribution in [-0.2, 0) is 11.4 Å². The molecule has 1 aromatic carbocycles. The van der Waals surface area contributed by atoms with Crippen molar-refractivity contribution in [3.63, 3.8) is 0 Å². The van der Waals surface area contributed by atoms with Gasteiger partial charge in [0.2, 0.25) is 0 Å². The molecule has 2 N–H and O–H groups in total. The second kappa shape index (κ2) is 5.44. The number of halogens is 2. The van der Waals surface area contributed by atoms with E-state index in [1.54, 1.807) is 0 Å². The van der Waals surface area contributed by atoms with Gasteiger partial charge < -0.3 is 10.3 Å². The van der Waals surface area contributed by atoms with Crippen LogP contribution in [0.25, 0.3) is 0 Å². The Bertz CT molecular complexity index is 887. The van der Waals surface area contributed by atoms with E-state index in [1.165, 1.54) is 24.5 Å². The summed E-state index contributed by atoms with van der Waals surface area (Å²) in [6, 6.07) is 2.73. The Morgan fingerprint density at radius 3 is 2.76 bits per heavy atom. The monoisotopic (exact) mass is 340 g/mol. The average Bonchev–Trinajstić information content (AvgIpc) is 2.93. The Balaban J connectivity index is 2.03. The Kier molecular flexibility index (Phi) is 3.62. The van der Waals surface area contributed by atoms with Crippen LogP contribution in [0.1, 0.15) is 10.4 Å². The molecule has 0 aliphatic carbocycles. The molecule has 0 fully saturated rings. The van der Waals surface area contributed by atoms with Gasteiger partial charge in [0.15, 0.2) is 5.43 Å². The van der Waals surface area contributed by atoms with Crippen LogP contribution < -0.4 is 10.7 Å². The third-order valence-corrected chi connectivity index (χ3v) is 3.87. The van der Waals surface area contributed by atoms with Crippen molar-refractivity contribution >= 4 is 57.5 Å². The molecule has 1 amide bonds. The highest BCUT2D eigenvalue weighted by Crippen LogP contribution is 2.47. The number of aromatic nitrogens is 1. The number of carbonyl (C=O) groups is 1. The first-order valence-corrected chi connectivity index (χ1v) is 7.15. The molecule has 106 valence electrons. The molecule has 1 aliphatic heterocycles. The van der Waals surface area contributed by atoms with Gasteiger partial charge in [-0.2, -0.15) is 8.73 Å². The quantitative estimate of drug-likeness (QED) is 0.745. The molecule has 6 nitrogen and oxygen atoms in total. The summed E-state index contributed by atoms with van der Waals surface area (Å²) in [5.41, 5.74) is 0.684. The van der Waals surface area contributed by atoms with Crippen LogP contribution in [-0.4, -0.2) is 10.9 Å². The van der Waals surface area contributed by atoms with E-state index in [9.17, 15) is 9.59 Å². The maximum atomic E-state index is 12.2. The predicted molar refractivity (Wildman–Crippen MR) is 83.0 cm³/mol. The summed E-state index contributed by atoms with van der Waals surface area (Å²) < 4.78 is 8.11. The highest BCUT2D eigenvalue weighted by Gasteiger charge is 2.21. The van der Waals surface area contributed by atoms with E-state index in [2.05, 4.69) is 19.0 Å². The minimum absolute atomic E-state index is 0.0279. The molecular formula is C12H6Cl2N4O2S. The van der Waals surface area contributed by atoms with E-state index in [4.69, 9.17) is 23.2 Å². The van der Waals surface area contributed by atoms with Gasteiger partial charge in [0.05, 0.1) is 27.1 Å². The number of benzene rings is 1. The molecule has 21 heavy (non-hydrogen) atoms. The molecule has 2 aromatic rings. The van der Waals surface area contributed by atoms with Crippen molar-refractivity contribution in [3.8, 4) is 0 Å². The standard InChI is InChI=1S/C12H6Cl2N4O2S/c13-6-3-7(14)10-11(18-21-17-10)9(6)16-12(20)5-4-15-2-1-8(5)19/h1-4H,(H,15,19)(H,16,20). The summed E-state index contributed by atoms with van der Waals surface area (Å²) in [4.78, 5) is 26.5. The lowest BCUT2D eigenvalue weighted by Gasteiger charge is -2.10. The van der Waals surface area contributed by atoms with E-state index in [1.807, 2.05) is 0 Å². The van der Waals surface area contributed by atoms with Gasteiger partial charge in [-0.1, -0.05) is 23.2 Å². The van der Waals surface area contributed by atoms with Gasteiger partial charge in [0, 0.05) is 18.5 Å². The number of H-pyrrole nitrogens is 1. The number of amides is 1. The lowest BCUT2D eigenvalue weighted by molar-refractivity contribution is 0.102. The second-order valence-corrected chi connectivity index (χ2v) is 5.40. The summed E-state index contributed by atoms with van der Waals surface area (Å²) in [6.45, 7) is 0. The van der Waals surface area contributed by atoms with Crippen LogP contribution in [0.5, 0.6) is 0 Å². The topological polar surface area (TPSA) is 86.7 Å². The fourth-order valence-electron chi connectivity index (χ4n) is 1.77. The summed E-state index contributed by atoms with van der Waals surface area (Å²) in [5.74, 6) is -0.588. The van der Waals surface area contributed by atoms with Crippen LogP contribution >= 0.6 is 23.2 Å². The van der Waals surface area contributed by atoms with Crippen LogP contribution in [0.2, 0.25) is 10.0 Å². The first kappa shape index (κ1) is 14.0. The van der Waals surface area contributed by atoms with E-state index >= 15 is 0 Å². The van der Waals surface area contributed by atoms with E-state index < -0.39 is 11.3 Å². The lowest BCUT2D eigenvalue weighted by atomic mass is 10.2. The van der Waals surface area contributed by atoms with Crippen molar-refractivity contribution in [1.29, 1.82) is 0 Å². The van der Waals surface area contributed by atoms with Crippen LogP contribution in [0, 0.1) is 0 Å². The highest BCUT2D eigenvalue weighted by molar-refractivity contribution is 7.58. The molecule has 0 spiro atoms. The molecular weight excluding hydrogens is 335 g/mol. The lowest BCUT2D eigenvalue weighted by Crippen LogP contribution is -2.21. The maximum absolute atomic E-state index is 12.2. The molecule has 0 radical (unpaired) electrons. The average molecular weight is 341 g/mol. The third-order valence-electron chi connectivity index (χ3n) is 2.75. The van der Waals surface area contributed by atoms with Gasteiger partial charge in [-0.25, -0.2) is 0 Å². The van der Waals surface area contributed by atoms with Gasteiger partial charge >= 0.3 is 0 Å². The summed E-state index contributed by atoms with van der Waals surface area (Å²) in [7, 11) is 0. The number of pyridine rings is 1. The SMILES string of the molecule is O=C(Nc1c(Cl)cc(Cl)c2c1N=S=N2)c1c[nH]ccc1=O. The smallest absolute Gasteiger partial charge is 0.261 e. The largest absolute Gasteiger partial charge is 0.367 e. The van der Waals surface area contributed by atoms with Crippen molar-refractivity contribution in [1.82, 2.24) is 4.98 Å². The Morgan fingerprint density at radius 2 is 2.00 bits per heavy atom. The number of hydrogen-bond donors (Lipinski definition) is 2. The van der Waals surface area contributed by atoms with Crippen LogP contribution in [0.4, 0.5) is 17.1 Å². The number of fused-ring (bicyclic) bond motifs is 1. The Labute approximate surface area is 132 Å². The van der Waals surface area contributed by atoms with E-state index in [-0.39, 0.29) is 16.3 Å². The summed E-state index contributed by atoms with van der Waals surface area (Å²) in [6.07, 6.45) is 2.76. The number of nitrogens with one attached hydrogen (secondary N) is 2. The van der Waals surface area contributed by atoms with Gasteiger partial charge in [0.25, 0.3) is 5.91 Å². The molecule has 0 atom stereocenters. The minimum atomic E-state index is -0.588. The van der Waals surface area contributed by atoms with Crippen molar-refractivity contribution < 1.29 is 4.79 Å². The highest BCUT2D eigenvalue weighted by atomic mass is 35.5. The minimum Gasteiger partial charge on any atom is -0.367 e. The van der Waals surface area contributed by atoms with Crippen molar-refractivity contribution in [3.05, 3.63) is 50.4 Å². The number of anilines is 1. The number of rotatable bonds is 2.